The zero-order valence-corrected chi connectivity index (χ0v) is 10.5. The van der Waals surface area contributed by atoms with E-state index >= 15 is 0 Å². The molecule has 2 aromatic carbocycles. The van der Waals surface area contributed by atoms with Crippen LogP contribution in [0.5, 0.6) is 17.2 Å². The summed E-state index contributed by atoms with van der Waals surface area (Å²) >= 11 is 0. The maximum atomic E-state index is 9.43. The Hall–Kier alpha value is -2.55. The van der Waals surface area contributed by atoms with Gasteiger partial charge in [-0.3, -0.25) is 4.98 Å². The van der Waals surface area contributed by atoms with E-state index < -0.39 is 0 Å². The van der Waals surface area contributed by atoms with Crippen molar-refractivity contribution in [2.75, 3.05) is 0 Å². The van der Waals surface area contributed by atoms with Gasteiger partial charge in [-0.1, -0.05) is 12.1 Å². The maximum Gasteiger partial charge on any atom is 0.148 e. The van der Waals surface area contributed by atoms with E-state index in [1.54, 1.807) is 18.3 Å². The van der Waals surface area contributed by atoms with Crippen molar-refractivity contribution in [2.45, 2.75) is 6.92 Å². The number of phenolic OH excluding ortho intramolecular Hbond substituents is 1. The molecule has 1 N–H and O–H groups in total. The van der Waals surface area contributed by atoms with E-state index in [-0.39, 0.29) is 5.75 Å². The van der Waals surface area contributed by atoms with Gasteiger partial charge in [-0.25, -0.2) is 0 Å². The highest BCUT2D eigenvalue weighted by Gasteiger charge is 2.03. The summed E-state index contributed by atoms with van der Waals surface area (Å²) < 4.78 is 5.82. The minimum Gasteiger partial charge on any atom is -0.508 e. The largest absolute Gasteiger partial charge is 0.508 e. The van der Waals surface area contributed by atoms with Crippen LogP contribution in [0.3, 0.4) is 0 Å². The number of hydrogen-bond donors (Lipinski definition) is 1. The molecule has 0 fully saturated rings. The molecule has 3 rings (SSSR count). The summed E-state index contributed by atoms with van der Waals surface area (Å²) in [6, 6.07) is 14.8. The van der Waals surface area contributed by atoms with Gasteiger partial charge in [-0.15, -0.1) is 0 Å². The minimum absolute atomic E-state index is 0.268. The SMILES string of the molecule is Cc1ncccc1Oc1ccc2cc(O)ccc2c1. The third kappa shape index (κ3) is 2.36. The maximum absolute atomic E-state index is 9.43. The summed E-state index contributed by atoms with van der Waals surface area (Å²) in [7, 11) is 0. The zero-order chi connectivity index (χ0) is 13.2. The first-order valence-corrected chi connectivity index (χ1v) is 6.05. The lowest BCUT2D eigenvalue weighted by atomic mass is 10.1. The summed E-state index contributed by atoms with van der Waals surface area (Å²) in [5, 5.41) is 11.4. The van der Waals surface area contributed by atoms with Crippen LogP contribution in [0.2, 0.25) is 0 Å². The second-order valence-corrected chi connectivity index (χ2v) is 4.38. The zero-order valence-electron chi connectivity index (χ0n) is 10.5. The standard InChI is InChI=1S/C16H13NO2/c1-11-16(3-2-8-17-11)19-15-7-5-12-9-14(18)6-4-13(12)10-15/h2-10,18H,1H3. The molecule has 1 aromatic heterocycles. The van der Waals surface area contributed by atoms with Crippen molar-refractivity contribution in [3.05, 3.63) is 60.4 Å². The Bertz CT molecular complexity index is 738. The Balaban J connectivity index is 1.98. The lowest BCUT2D eigenvalue weighted by molar-refractivity contribution is 0.474. The smallest absolute Gasteiger partial charge is 0.148 e. The monoisotopic (exact) mass is 251 g/mol. The molecule has 3 nitrogen and oxygen atoms in total. The second kappa shape index (κ2) is 4.61. The highest BCUT2D eigenvalue weighted by molar-refractivity contribution is 5.85. The quantitative estimate of drug-likeness (QED) is 0.747. The summed E-state index contributed by atoms with van der Waals surface area (Å²) in [6.45, 7) is 1.91. The molecular weight excluding hydrogens is 238 g/mol. The van der Waals surface area contributed by atoms with Crippen molar-refractivity contribution >= 4 is 10.8 Å². The van der Waals surface area contributed by atoms with Gasteiger partial charge in [-0.05, 0) is 54.1 Å². The van der Waals surface area contributed by atoms with Gasteiger partial charge in [0.05, 0.1) is 5.69 Å². The summed E-state index contributed by atoms with van der Waals surface area (Å²) in [5.74, 6) is 1.78. The number of aryl methyl sites for hydroxylation is 1. The van der Waals surface area contributed by atoms with Crippen LogP contribution in [-0.4, -0.2) is 10.1 Å². The number of fused-ring (bicyclic) bond motifs is 1. The minimum atomic E-state index is 0.268. The molecule has 0 aliphatic carbocycles. The first-order chi connectivity index (χ1) is 9.22. The molecule has 0 aliphatic heterocycles. The van der Waals surface area contributed by atoms with Crippen LogP contribution in [0, 0.1) is 6.92 Å². The van der Waals surface area contributed by atoms with Crippen molar-refractivity contribution in [1.29, 1.82) is 0 Å². The van der Waals surface area contributed by atoms with Crippen LogP contribution >= 0.6 is 0 Å². The number of aromatic nitrogens is 1. The lowest BCUT2D eigenvalue weighted by Crippen LogP contribution is -1.89. The number of ether oxygens (including phenoxy) is 1. The van der Waals surface area contributed by atoms with E-state index in [4.69, 9.17) is 4.74 Å². The molecule has 0 radical (unpaired) electrons. The highest BCUT2D eigenvalue weighted by atomic mass is 16.5. The number of hydrogen-bond acceptors (Lipinski definition) is 3. The van der Waals surface area contributed by atoms with E-state index in [0.717, 1.165) is 28.0 Å². The topological polar surface area (TPSA) is 42.4 Å². The fraction of sp³-hybridized carbons (Fsp3) is 0.0625. The van der Waals surface area contributed by atoms with Gasteiger partial charge in [0.15, 0.2) is 0 Å². The van der Waals surface area contributed by atoms with Gasteiger partial charge in [0, 0.05) is 6.20 Å². The van der Waals surface area contributed by atoms with E-state index in [1.165, 1.54) is 0 Å². The Kier molecular flexibility index (Phi) is 2.80. The summed E-state index contributed by atoms with van der Waals surface area (Å²) in [5.41, 5.74) is 0.855. The van der Waals surface area contributed by atoms with E-state index in [1.807, 2.05) is 43.3 Å². The average Bonchev–Trinajstić information content (AvgIpc) is 2.41. The molecule has 0 saturated heterocycles. The van der Waals surface area contributed by atoms with Gasteiger partial charge >= 0.3 is 0 Å². The van der Waals surface area contributed by atoms with Gasteiger partial charge in [0.25, 0.3) is 0 Å². The molecule has 0 bridgehead atoms. The summed E-state index contributed by atoms with van der Waals surface area (Å²) in [6.07, 6.45) is 1.74. The summed E-state index contributed by atoms with van der Waals surface area (Å²) in [4.78, 5) is 4.19. The van der Waals surface area contributed by atoms with Gasteiger partial charge in [0.1, 0.15) is 17.2 Å². The third-order valence-electron chi connectivity index (χ3n) is 2.98. The predicted octanol–water partition coefficient (Wildman–Crippen LogP) is 4.04. The fourth-order valence-corrected chi connectivity index (χ4v) is 1.98. The Morgan fingerprint density at radius 1 is 1.00 bits per heavy atom. The van der Waals surface area contributed by atoms with Crippen LogP contribution in [-0.2, 0) is 0 Å². The first-order valence-electron chi connectivity index (χ1n) is 6.05. The van der Waals surface area contributed by atoms with Crippen LogP contribution in [0.4, 0.5) is 0 Å². The second-order valence-electron chi connectivity index (χ2n) is 4.38. The van der Waals surface area contributed by atoms with E-state index in [9.17, 15) is 5.11 Å². The van der Waals surface area contributed by atoms with Crippen molar-refractivity contribution in [1.82, 2.24) is 4.98 Å². The number of nitrogens with zero attached hydrogens (tertiary/aromatic N) is 1. The van der Waals surface area contributed by atoms with E-state index in [0.29, 0.717) is 0 Å². The lowest BCUT2D eigenvalue weighted by Gasteiger charge is -2.08. The molecule has 0 aliphatic rings. The van der Waals surface area contributed by atoms with E-state index in [2.05, 4.69) is 4.98 Å². The molecule has 19 heavy (non-hydrogen) atoms. The van der Waals surface area contributed by atoms with Gasteiger partial charge in [-0.2, -0.15) is 0 Å². The molecule has 0 saturated carbocycles. The van der Waals surface area contributed by atoms with Crippen LogP contribution in [0.25, 0.3) is 10.8 Å². The van der Waals surface area contributed by atoms with Crippen molar-refractivity contribution in [3.8, 4) is 17.2 Å². The normalized spacial score (nSPS) is 10.6. The van der Waals surface area contributed by atoms with Crippen molar-refractivity contribution in [3.63, 3.8) is 0 Å². The Morgan fingerprint density at radius 3 is 2.63 bits per heavy atom. The Morgan fingerprint density at radius 2 is 1.79 bits per heavy atom. The molecule has 0 unspecified atom stereocenters. The van der Waals surface area contributed by atoms with Crippen molar-refractivity contribution in [2.24, 2.45) is 0 Å². The van der Waals surface area contributed by atoms with Crippen molar-refractivity contribution < 1.29 is 9.84 Å². The number of benzene rings is 2. The molecule has 0 atom stereocenters. The predicted molar refractivity (Wildman–Crippen MR) is 74.7 cm³/mol. The fourth-order valence-electron chi connectivity index (χ4n) is 1.98. The molecule has 3 heteroatoms. The highest BCUT2D eigenvalue weighted by Crippen LogP contribution is 2.28. The van der Waals surface area contributed by atoms with Crippen LogP contribution in [0.1, 0.15) is 5.69 Å². The molecule has 0 spiro atoms. The number of pyridine rings is 1. The van der Waals surface area contributed by atoms with Gasteiger partial charge in [0.2, 0.25) is 0 Å². The molecule has 94 valence electrons. The molecule has 0 amide bonds. The number of phenols is 1. The first kappa shape index (κ1) is 11.5. The average molecular weight is 251 g/mol. The van der Waals surface area contributed by atoms with Crippen LogP contribution < -0.4 is 4.74 Å². The Labute approximate surface area is 111 Å². The van der Waals surface area contributed by atoms with Gasteiger partial charge < -0.3 is 9.84 Å². The number of aromatic hydroxyl groups is 1. The molecule has 1 heterocycles. The van der Waals surface area contributed by atoms with Crippen LogP contribution in [0.15, 0.2) is 54.7 Å². The molecule has 3 aromatic rings. The third-order valence-corrected chi connectivity index (χ3v) is 2.98. The molecular formula is C16H13NO2. The number of rotatable bonds is 2.